The van der Waals surface area contributed by atoms with Crippen LogP contribution in [0.2, 0.25) is 0 Å². The minimum Gasteiger partial charge on any atom is -0.481 e. The normalized spacial score (nSPS) is 15.4. The van der Waals surface area contributed by atoms with Crippen LogP contribution in [0.4, 0.5) is 0 Å². The van der Waals surface area contributed by atoms with Crippen molar-refractivity contribution < 1.29 is 27.1 Å². The van der Waals surface area contributed by atoms with E-state index in [2.05, 4.69) is 51.7 Å². The van der Waals surface area contributed by atoms with Crippen molar-refractivity contribution >= 4 is 66.2 Å². The minimum atomic E-state index is -0.480. The molecular weight excluding hydrogens is 849 g/mol. The first-order valence-corrected chi connectivity index (χ1v) is 21.7. The molecule has 0 unspecified atom stereocenters. The van der Waals surface area contributed by atoms with Gasteiger partial charge in [0.25, 0.3) is 22.2 Å². The van der Waals surface area contributed by atoms with Crippen LogP contribution in [0.15, 0.2) is 134 Å². The first-order valence-electron chi connectivity index (χ1n) is 21.7. The second-order valence-corrected chi connectivity index (χ2v) is 18.9. The van der Waals surface area contributed by atoms with Gasteiger partial charge in [-0.3, -0.25) is 19.2 Å². The summed E-state index contributed by atoms with van der Waals surface area (Å²) in [7, 11) is 0. The number of fused-ring (bicyclic) bond motifs is 10. The molecule has 4 aromatic heterocycles. The average Bonchev–Trinajstić information content (AvgIpc) is 3.88. The zero-order valence-electron chi connectivity index (χ0n) is 36.7. The van der Waals surface area contributed by atoms with Crippen LogP contribution in [0.25, 0.3) is 77.6 Å². The Bertz CT molecular complexity index is 3890. The molecule has 1 spiro atoms. The molecule has 0 N–H and O–H groups in total. The minimum absolute atomic E-state index is 0.0940. The summed E-state index contributed by atoms with van der Waals surface area (Å²) >= 11 is 0. The van der Waals surface area contributed by atoms with Crippen molar-refractivity contribution in [2.24, 2.45) is 0 Å². The highest BCUT2D eigenvalue weighted by molar-refractivity contribution is 5.96. The van der Waals surface area contributed by atoms with Crippen molar-refractivity contribution in [2.75, 3.05) is 13.2 Å². The second-order valence-electron chi connectivity index (χ2n) is 18.9. The number of nitrogens with zero attached hydrogens (tertiary/aromatic N) is 2. The molecule has 0 bridgehead atoms. The van der Waals surface area contributed by atoms with E-state index >= 15 is 0 Å². The molecular formula is C55H38N2O10. The van der Waals surface area contributed by atoms with Crippen molar-refractivity contribution in [1.29, 1.82) is 0 Å². The largest absolute Gasteiger partial charge is 0.481 e. The predicted octanol–water partition coefficient (Wildman–Crippen LogP) is 9.67. The van der Waals surface area contributed by atoms with Gasteiger partial charge < -0.3 is 27.1 Å². The van der Waals surface area contributed by atoms with Gasteiger partial charge in [-0.25, -0.2) is 9.13 Å². The summed E-state index contributed by atoms with van der Waals surface area (Å²) in [6.07, 6.45) is 12.2. The quantitative estimate of drug-likeness (QED) is 0.117. The van der Waals surface area contributed by atoms with Gasteiger partial charge >= 0.3 is 0 Å². The Morgan fingerprint density at radius 1 is 0.463 bits per heavy atom. The zero-order chi connectivity index (χ0) is 46.3. The van der Waals surface area contributed by atoms with Crippen molar-refractivity contribution in [2.45, 2.75) is 56.8 Å². The smallest absolute Gasteiger partial charge is 0.266 e. The van der Waals surface area contributed by atoms with Crippen molar-refractivity contribution in [3.05, 3.63) is 161 Å². The van der Waals surface area contributed by atoms with Crippen LogP contribution >= 0.6 is 0 Å². The second kappa shape index (κ2) is 13.8. The lowest BCUT2D eigenvalue weighted by Gasteiger charge is -2.30. The molecule has 6 aromatic carbocycles. The molecule has 67 heavy (non-hydrogen) atoms. The lowest BCUT2D eigenvalue weighted by molar-refractivity contribution is 0.349. The van der Waals surface area contributed by atoms with Gasteiger partial charge in [0, 0.05) is 5.41 Å². The summed E-state index contributed by atoms with van der Waals surface area (Å²) < 4.78 is 39.5. The van der Waals surface area contributed by atoms with Gasteiger partial charge in [0.2, 0.25) is 0 Å². The number of hydrogen-bond donors (Lipinski definition) is 0. The highest BCUT2D eigenvalue weighted by Crippen LogP contribution is 2.63. The Morgan fingerprint density at radius 2 is 0.746 bits per heavy atom. The maximum Gasteiger partial charge on any atom is 0.266 e. The fraction of sp³-hybridized carbons (Fsp3) is 0.200. The van der Waals surface area contributed by atoms with Crippen molar-refractivity contribution in [3.63, 3.8) is 0 Å². The van der Waals surface area contributed by atoms with Crippen LogP contribution in [-0.4, -0.2) is 22.3 Å². The average molecular weight is 887 g/mol. The summed E-state index contributed by atoms with van der Waals surface area (Å²) in [6.45, 7) is 9.10. The fourth-order valence-electron chi connectivity index (χ4n) is 11.0. The van der Waals surface area contributed by atoms with E-state index in [0.717, 1.165) is 44.2 Å². The highest BCUT2D eigenvalue weighted by Gasteiger charge is 2.57. The van der Waals surface area contributed by atoms with E-state index in [9.17, 15) is 19.2 Å². The molecule has 0 aliphatic heterocycles. The maximum atomic E-state index is 13.8. The number of ether oxygens (including phenoxy) is 2. The topological polar surface area (TPSA) is 149 Å². The third-order valence-electron chi connectivity index (χ3n) is 13.8. The van der Waals surface area contributed by atoms with Crippen molar-refractivity contribution in [1.82, 2.24) is 9.13 Å². The molecule has 12 rings (SSSR count). The van der Waals surface area contributed by atoms with E-state index < -0.39 is 27.7 Å². The van der Waals surface area contributed by atoms with E-state index in [0.29, 0.717) is 67.5 Å². The first kappa shape index (κ1) is 40.1. The van der Waals surface area contributed by atoms with Gasteiger partial charge in [-0.2, -0.15) is 0 Å². The molecule has 0 amide bonds. The lowest BCUT2D eigenvalue weighted by Crippen LogP contribution is -2.26. The van der Waals surface area contributed by atoms with Gasteiger partial charge in [-0.1, -0.05) is 39.5 Å². The summed E-state index contributed by atoms with van der Waals surface area (Å²) in [5.74, 6) is 5.87. The number of rotatable bonds is 6. The summed E-state index contributed by atoms with van der Waals surface area (Å²) in [4.78, 5) is 55.1. The Kier molecular flexibility index (Phi) is 8.23. The van der Waals surface area contributed by atoms with Crippen LogP contribution in [0.1, 0.15) is 62.8 Å². The number of terminal acetylenes is 2. The fourth-order valence-corrected chi connectivity index (χ4v) is 11.0. The van der Waals surface area contributed by atoms with E-state index in [4.69, 9.17) is 40.0 Å². The van der Waals surface area contributed by atoms with E-state index in [1.54, 1.807) is 72.8 Å². The van der Waals surface area contributed by atoms with Gasteiger partial charge in [0.1, 0.15) is 24.7 Å². The molecule has 12 heteroatoms. The Hall–Kier alpha value is -8.48. The number of hydrogen-bond acceptors (Lipinski definition) is 10. The molecule has 0 saturated heterocycles. The summed E-state index contributed by atoms with van der Waals surface area (Å²) in [5.41, 5.74) is 5.51. The van der Waals surface area contributed by atoms with Crippen molar-refractivity contribution in [3.8, 4) is 47.6 Å². The summed E-state index contributed by atoms with van der Waals surface area (Å²) in [6, 6.07) is 27.7. The molecule has 2 aliphatic carbocycles. The monoisotopic (exact) mass is 886 g/mol. The molecule has 328 valence electrons. The number of aromatic nitrogens is 2. The molecule has 0 atom stereocenters. The third-order valence-corrected chi connectivity index (χ3v) is 13.8. The van der Waals surface area contributed by atoms with Gasteiger partial charge in [0.05, 0.1) is 32.9 Å². The summed E-state index contributed by atoms with van der Waals surface area (Å²) in [5, 5.41) is 0.842. The molecule has 10 aromatic rings. The van der Waals surface area contributed by atoms with Crippen LogP contribution in [0.3, 0.4) is 0 Å². The van der Waals surface area contributed by atoms with Crippen LogP contribution < -0.4 is 31.7 Å². The molecule has 4 heterocycles. The maximum absolute atomic E-state index is 13.8. The van der Waals surface area contributed by atoms with E-state index in [-0.39, 0.29) is 45.6 Å². The third kappa shape index (κ3) is 5.76. The highest BCUT2D eigenvalue weighted by atomic mass is 16.5. The van der Waals surface area contributed by atoms with E-state index in [1.807, 2.05) is 12.1 Å². The first-order chi connectivity index (χ1) is 32.2. The molecule has 0 radical (unpaired) electrons. The van der Waals surface area contributed by atoms with Gasteiger partial charge in [-0.05, 0) is 143 Å². The molecule has 2 aliphatic rings. The number of benzene rings is 6. The molecule has 0 fully saturated rings. The van der Waals surface area contributed by atoms with E-state index in [1.165, 1.54) is 0 Å². The van der Waals surface area contributed by atoms with Gasteiger partial charge in [-0.15, -0.1) is 12.8 Å². The van der Waals surface area contributed by atoms with Gasteiger partial charge in [0.15, 0.2) is 44.7 Å². The zero-order valence-corrected chi connectivity index (χ0v) is 36.7. The Balaban J connectivity index is 0.976. The van der Waals surface area contributed by atoms with Crippen LogP contribution in [0.5, 0.6) is 11.5 Å². The lowest BCUT2D eigenvalue weighted by atomic mass is 9.72. The molecule has 12 nitrogen and oxygen atoms in total. The van der Waals surface area contributed by atoms with Crippen LogP contribution in [-0.2, 0) is 16.2 Å². The van der Waals surface area contributed by atoms with Crippen LogP contribution in [0, 0.1) is 24.7 Å². The Labute approximate surface area is 379 Å². The molecule has 0 saturated carbocycles. The Morgan fingerprint density at radius 3 is 1.04 bits per heavy atom. The SMILES string of the molecule is C#CCOc1ccc(-n2c(=O)c3cc4oc5cc6c(cc5oc4cc3c2=O)C2(CC6(C)C)CC(C)(C)c3cc4oc5cc6c(=O)n(-c7ccc(OCC#C)cc7)c(=O)c6cc5oc4cc32)cc1. The predicted molar refractivity (Wildman–Crippen MR) is 255 cm³/mol. The standard InChI is InChI=1S/C55H38N2O10/c1-7-17-62-31-13-9-29(10-14-31)56-49(58)33-19-41-43(21-35(33)51(56)60)66-47-25-39-37(23-45(47)64-41)53(3,4)27-55(39)28-54(5,6)38-24-46-48(26-40(38)55)67-44-22-36-34(20-42(44)65-46)50(59)57(52(36)61)30-11-15-32(16-12-30)63-18-8-2/h1-2,9-16,19-26H,17-18,27-28H2,3-6H3.